The average Bonchev–Trinajstić information content (AvgIpc) is 2.37. The molecule has 1 aromatic rings. The van der Waals surface area contributed by atoms with E-state index in [2.05, 4.69) is 25.8 Å². The van der Waals surface area contributed by atoms with Gasteiger partial charge in [0.25, 0.3) is 0 Å². The maximum absolute atomic E-state index is 5.24. The van der Waals surface area contributed by atoms with Gasteiger partial charge in [-0.2, -0.15) is 0 Å². The highest BCUT2D eigenvalue weighted by Gasteiger charge is 2.03. The summed E-state index contributed by atoms with van der Waals surface area (Å²) in [5.41, 5.74) is 0. The summed E-state index contributed by atoms with van der Waals surface area (Å²) < 4.78 is 5.24. The lowest BCUT2D eigenvalue weighted by atomic mass is 10.2. The molecule has 0 aromatic carbocycles. The van der Waals surface area contributed by atoms with Gasteiger partial charge >= 0.3 is 0 Å². The molecule has 0 unspecified atom stereocenters. The van der Waals surface area contributed by atoms with Gasteiger partial charge < -0.3 is 4.42 Å². The fourth-order valence-electron chi connectivity index (χ4n) is 1.36. The van der Waals surface area contributed by atoms with Crippen molar-refractivity contribution < 1.29 is 4.42 Å². The van der Waals surface area contributed by atoms with Gasteiger partial charge in [0.1, 0.15) is 5.76 Å². The lowest BCUT2D eigenvalue weighted by molar-refractivity contribution is 0.265. The van der Waals surface area contributed by atoms with E-state index in [0.29, 0.717) is 5.92 Å². The van der Waals surface area contributed by atoms with Gasteiger partial charge in [0.15, 0.2) is 0 Å². The molecule has 0 saturated heterocycles. The summed E-state index contributed by atoms with van der Waals surface area (Å²) in [5.74, 6) is 1.75. The van der Waals surface area contributed by atoms with E-state index in [0.717, 1.165) is 18.8 Å². The second kappa shape index (κ2) is 4.31. The maximum atomic E-state index is 5.24. The first-order valence-electron chi connectivity index (χ1n) is 4.39. The Hall–Kier alpha value is -0.760. The molecule has 68 valence electrons. The van der Waals surface area contributed by atoms with E-state index < -0.39 is 0 Å². The van der Waals surface area contributed by atoms with Gasteiger partial charge in [0, 0.05) is 6.54 Å². The SMILES string of the molecule is CC(C)CN(C)Cc1ccco1. The molecule has 2 nitrogen and oxygen atoms in total. The fraction of sp³-hybridized carbons (Fsp3) is 0.600. The zero-order valence-corrected chi connectivity index (χ0v) is 8.08. The van der Waals surface area contributed by atoms with Gasteiger partial charge in [-0.25, -0.2) is 0 Å². The molecule has 0 aliphatic heterocycles. The highest BCUT2D eigenvalue weighted by Crippen LogP contribution is 2.05. The minimum absolute atomic E-state index is 0.713. The van der Waals surface area contributed by atoms with E-state index in [1.54, 1.807) is 6.26 Å². The Kier molecular flexibility index (Phi) is 3.35. The van der Waals surface area contributed by atoms with Crippen LogP contribution in [0.3, 0.4) is 0 Å². The van der Waals surface area contributed by atoms with Gasteiger partial charge in [0.2, 0.25) is 0 Å². The maximum Gasteiger partial charge on any atom is 0.117 e. The van der Waals surface area contributed by atoms with Crippen molar-refractivity contribution in [3.8, 4) is 0 Å². The molecule has 1 heterocycles. The third-order valence-corrected chi connectivity index (χ3v) is 1.68. The Labute approximate surface area is 74.2 Å². The fourth-order valence-corrected chi connectivity index (χ4v) is 1.36. The Morgan fingerprint density at radius 2 is 2.25 bits per heavy atom. The van der Waals surface area contributed by atoms with Crippen LogP contribution in [0.25, 0.3) is 0 Å². The third kappa shape index (κ3) is 3.09. The topological polar surface area (TPSA) is 16.4 Å². The molecule has 0 amide bonds. The highest BCUT2D eigenvalue weighted by atomic mass is 16.3. The lowest BCUT2D eigenvalue weighted by Gasteiger charge is -2.16. The van der Waals surface area contributed by atoms with Crippen LogP contribution in [0.4, 0.5) is 0 Å². The van der Waals surface area contributed by atoms with Crippen molar-refractivity contribution >= 4 is 0 Å². The van der Waals surface area contributed by atoms with Crippen molar-refractivity contribution in [2.75, 3.05) is 13.6 Å². The van der Waals surface area contributed by atoms with Crippen LogP contribution in [0.15, 0.2) is 22.8 Å². The first-order chi connectivity index (χ1) is 5.68. The van der Waals surface area contributed by atoms with E-state index in [1.807, 2.05) is 12.1 Å². The van der Waals surface area contributed by atoms with Gasteiger partial charge in [-0.3, -0.25) is 4.90 Å². The van der Waals surface area contributed by atoms with Gasteiger partial charge in [-0.05, 0) is 25.1 Å². The van der Waals surface area contributed by atoms with Crippen LogP contribution in [0, 0.1) is 5.92 Å². The summed E-state index contributed by atoms with van der Waals surface area (Å²) in [6, 6.07) is 3.94. The minimum atomic E-state index is 0.713. The summed E-state index contributed by atoms with van der Waals surface area (Å²) in [5, 5.41) is 0. The van der Waals surface area contributed by atoms with E-state index in [-0.39, 0.29) is 0 Å². The van der Waals surface area contributed by atoms with Crippen LogP contribution in [0.5, 0.6) is 0 Å². The molecule has 0 N–H and O–H groups in total. The molecule has 0 bridgehead atoms. The van der Waals surface area contributed by atoms with Crippen molar-refractivity contribution in [1.29, 1.82) is 0 Å². The summed E-state index contributed by atoms with van der Waals surface area (Å²) in [6.45, 7) is 6.46. The van der Waals surface area contributed by atoms with E-state index in [9.17, 15) is 0 Å². The smallest absolute Gasteiger partial charge is 0.117 e. The van der Waals surface area contributed by atoms with E-state index in [4.69, 9.17) is 4.42 Å². The first-order valence-corrected chi connectivity index (χ1v) is 4.39. The number of hydrogen-bond donors (Lipinski definition) is 0. The predicted molar refractivity (Wildman–Crippen MR) is 49.9 cm³/mol. The van der Waals surface area contributed by atoms with Crippen LogP contribution in [0.2, 0.25) is 0 Å². The number of furan rings is 1. The van der Waals surface area contributed by atoms with E-state index in [1.165, 1.54) is 0 Å². The molecule has 0 aliphatic rings. The van der Waals surface area contributed by atoms with Crippen LogP contribution in [-0.4, -0.2) is 18.5 Å². The molecule has 0 saturated carbocycles. The van der Waals surface area contributed by atoms with Crippen LogP contribution in [0.1, 0.15) is 19.6 Å². The normalized spacial score (nSPS) is 11.4. The van der Waals surface area contributed by atoms with Crippen molar-refractivity contribution in [2.24, 2.45) is 5.92 Å². The number of hydrogen-bond acceptors (Lipinski definition) is 2. The molecule has 1 rings (SSSR count). The largest absolute Gasteiger partial charge is 0.468 e. The van der Waals surface area contributed by atoms with Crippen LogP contribution >= 0.6 is 0 Å². The molecule has 0 aliphatic carbocycles. The zero-order chi connectivity index (χ0) is 8.97. The van der Waals surface area contributed by atoms with Crippen molar-refractivity contribution in [3.63, 3.8) is 0 Å². The molecule has 12 heavy (non-hydrogen) atoms. The van der Waals surface area contributed by atoms with Crippen molar-refractivity contribution in [1.82, 2.24) is 4.90 Å². The Morgan fingerprint density at radius 1 is 1.50 bits per heavy atom. The zero-order valence-electron chi connectivity index (χ0n) is 8.08. The number of rotatable bonds is 4. The molecule has 0 radical (unpaired) electrons. The average molecular weight is 167 g/mol. The summed E-state index contributed by atoms with van der Waals surface area (Å²) in [4.78, 5) is 2.27. The van der Waals surface area contributed by atoms with Crippen molar-refractivity contribution in [2.45, 2.75) is 20.4 Å². The van der Waals surface area contributed by atoms with Crippen molar-refractivity contribution in [3.05, 3.63) is 24.2 Å². The van der Waals surface area contributed by atoms with Gasteiger partial charge in [-0.15, -0.1) is 0 Å². The first kappa shape index (κ1) is 9.33. The summed E-state index contributed by atoms with van der Waals surface area (Å²) >= 11 is 0. The molecule has 0 spiro atoms. The Balaban J connectivity index is 2.32. The van der Waals surface area contributed by atoms with Gasteiger partial charge in [0.05, 0.1) is 12.8 Å². The molecule has 0 fully saturated rings. The molecule has 1 aromatic heterocycles. The standard InChI is InChI=1S/C10H17NO/c1-9(2)7-11(3)8-10-5-4-6-12-10/h4-6,9H,7-8H2,1-3H3. The Bertz CT molecular complexity index is 204. The summed E-state index contributed by atoms with van der Waals surface area (Å²) in [6.07, 6.45) is 1.72. The summed E-state index contributed by atoms with van der Waals surface area (Å²) in [7, 11) is 2.11. The van der Waals surface area contributed by atoms with Gasteiger partial charge in [-0.1, -0.05) is 13.8 Å². The van der Waals surface area contributed by atoms with Crippen LogP contribution in [-0.2, 0) is 6.54 Å². The molecule has 0 atom stereocenters. The molecular weight excluding hydrogens is 150 g/mol. The minimum Gasteiger partial charge on any atom is -0.468 e. The van der Waals surface area contributed by atoms with E-state index >= 15 is 0 Å². The third-order valence-electron chi connectivity index (χ3n) is 1.68. The van der Waals surface area contributed by atoms with Crippen LogP contribution < -0.4 is 0 Å². The second-order valence-corrected chi connectivity index (χ2v) is 3.67. The quantitative estimate of drug-likeness (QED) is 0.684. The monoisotopic (exact) mass is 167 g/mol. The molecular formula is C10H17NO. The number of nitrogens with zero attached hydrogens (tertiary/aromatic N) is 1. The second-order valence-electron chi connectivity index (χ2n) is 3.67. The lowest BCUT2D eigenvalue weighted by Crippen LogP contribution is -2.22. The predicted octanol–water partition coefficient (Wildman–Crippen LogP) is 2.37. The Morgan fingerprint density at radius 3 is 2.75 bits per heavy atom. The molecule has 2 heteroatoms. The highest BCUT2D eigenvalue weighted by molar-refractivity contribution is 4.97.